The second-order valence-corrected chi connectivity index (χ2v) is 6.44. The molecule has 0 fully saturated rings. The number of anilines is 1. The number of thiophene rings is 1. The smallest absolute Gasteiger partial charge is 0.266 e. The topological polar surface area (TPSA) is 46.3 Å². The minimum Gasteiger partial charge on any atom is -0.397 e. The minimum atomic E-state index is -0.343. The second-order valence-electron chi connectivity index (χ2n) is 5.39. The molecule has 1 atom stereocenters. The normalized spacial score (nSPS) is 12.9. The van der Waals surface area contributed by atoms with E-state index >= 15 is 0 Å². The summed E-state index contributed by atoms with van der Waals surface area (Å²) >= 11 is 1.32. The first-order chi connectivity index (χ1) is 9.32. The average molecular weight is 294 g/mol. The van der Waals surface area contributed by atoms with Gasteiger partial charge in [-0.3, -0.25) is 4.79 Å². The molecule has 0 aliphatic heterocycles. The predicted octanol–water partition coefficient (Wildman–Crippen LogP) is 3.74. The number of hydrogen-bond donors (Lipinski definition) is 1. The van der Waals surface area contributed by atoms with Gasteiger partial charge in [-0.15, -0.1) is 11.3 Å². The number of rotatable bonds is 3. The monoisotopic (exact) mass is 294 g/mol. The lowest BCUT2D eigenvalue weighted by Crippen LogP contribution is -2.38. The third kappa shape index (κ3) is 2.50. The van der Waals surface area contributed by atoms with Gasteiger partial charge in [0.05, 0.1) is 5.69 Å². The fourth-order valence-corrected chi connectivity index (χ4v) is 3.13. The molecule has 2 rings (SSSR count). The minimum absolute atomic E-state index is 0.106. The van der Waals surface area contributed by atoms with Crippen molar-refractivity contribution in [2.24, 2.45) is 5.92 Å². The van der Waals surface area contributed by atoms with Crippen molar-refractivity contribution >= 4 is 33.0 Å². The summed E-state index contributed by atoms with van der Waals surface area (Å²) in [4.78, 5) is 14.7. The molecular weight excluding hydrogens is 275 g/mol. The Morgan fingerprint density at radius 2 is 2.00 bits per heavy atom. The highest BCUT2D eigenvalue weighted by molar-refractivity contribution is 7.21. The van der Waals surface area contributed by atoms with E-state index in [0.717, 1.165) is 4.70 Å². The van der Waals surface area contributed by atoms with Crippen LogP contribution in [0.2, 0.25) is 0 Å². The van der Waals surface area contributed by atoms with Gasteiger partial charge in [0.25, 0.3) is 5.91 Å². The summed E-state index contributed by atoms with van der Waals surface area (Å²) in [6.45, 7) is 6.14. The second kappa shape index (κ2) is 5.40. The number of nitrogens with two attached hydrogens (primary N) is 1. The van der Waals surface area contributed by atoms with Crippen molar-refractivity contribution in [2.75, 3.05) is 12.8 Å². The van der Waals surface area contributed by atoms with Gasteiger partial charge in [0.2, 0.25) is 0 Å². The van der Waals surface area contributed by atoms with Crippen LogP contribution in [0.1, 0.15) is 30.4 Å². The Hall–Kier alpha value is -1.62. The molecule has 2 N–H and O–H groups in total. The lowest BCUT2D eigenvalue weighted by atomic mass is 10.1. The van der Waals surface area contributed by atoms with E-state index in [0.29, 0.717) is 21.9 Å². The first kappa shape index (κ1) is 14.8. The molecule has 0 aliphatic rings. The highest BCUT2D eigenvalue weighted by Crippen LogP contribution is 2.35. The largest absolute Gasteiger partial charge is 0.397 e. The maximum absolute atomic E-state index is 13.3. The molecule has 0 saturated carbocycles. The van der Waals surface area contributed by atoms with Gasteiger partial charge in [0.15, 0.2) is 0 Å². The summed E-state index contributed by atoms with van der Waals surface area (Å²) in [5.74, 6) is -0.0905. The van der Waals surface area contributed by atoms with E-state index in [1.165, 1.54) is 23.5 Å². The van der Waals surface area contributed by atoms with E-state index in [9.17, 15) is 9.18 Å². The van der Waals surface area contributed by atoms with Gasteiger partial charge in [0.1, 0.15) is 10.7 Å². The molecule has 0 spiro atoms. The van der Waals surface area contributed by atoms with Gasteiger partial charge in [-0.05, 0) is 31.0 Å². The Morgan fingerprint density at radius 3 is 2.60 bits per heavy atom. The van der Waals surface area contributed by atoms with Crippen LogP contribution in [-0.4, -0.2) is 23.9 Å². The fraction of sp³-hybridized carbons (Fsp3) is 0.400. The summed E-state index contributed by atoms with van der Waals surface area (Å²) in [7, 11) is 1.78. The van der Waals surface area contributed by atoms with Crippen molar-refractivity contribution in [3.63, 3.8) is 0 Å². The van der Waals surface area contributed by atoms with Crippen LogP contribution in [0.3, 0.4) is 0 Å². The van der Waals surface area contributed by atoms with Gasteiger partial charge >= 0.3 is 0 Å². The Kier molecular flexibility index (Phi) is 3.99. The van der Waals surface area contributed by atoms with Crippen molar-refractivity contribution in [1.82, 2.24) is 4.90 Å². The number of nitrogen functional groups attached to an aromatic ring is 1. The Morgan fingerprint density at radius 1 is 1.35 bits per heavy atom. The van der Waals surface area contributed by atoms with E-state index in [-0.39, 0.29) is 17.8 Å². The number of fused-ring (bicyclic) bond motifs is 1. The summed E-state index contributed by atoms with van der Waals surface area (Å²) in [6.07, 6.45) is 0. The number of hydrogen-bond acceptors (Lipinski definition) is 3. The first-order valence-corrected chi connectivity index (χ1v) is 7.39. The molecule has 108 valence electrons. The molecule has 1 unspecified atom stereocenters. The Bertz CT molecular complexity index is 651. The number of amides is 1. The van der Waals surface area contributed by atoms with Gasteiger partial charge < -0.3 is 10.6 Å². The molecule has 0 radical (unpaired) electrons. The molecule has 2 aromatic rings. The number of carbonyl (C=O) groups excluding carboxylic acids is 1. The van der Waals surface area contributed by atoms with E-state index in [2.05, 4.69) is 13.8 Å². The van der Waals surface area contributed by atoms with E-state index < -0.39 is 0 Å². The molecule has 1 aromatic heterocycles. The number of carbonyl (C=O) groups is 1. The molecule has 0 bridgehead atoms. The summed E-state index contributed by atoms with van der Waals surface area (Å²) in [6, 6.07) is 4.54. The number of benzene rings is 1. The molecule has 0 aliphatic carbocycles. The molecule has 0 saturated heterocycles. The highest BCUT2D eigenvalue weighted by atomic mass is 32.1. The standard InChI is InChI=1S/C15H19FN2OS/c1-8(2)9(3)18(4)15(19)14-13(17)11-7-10(16)5-6-12(11)20-14/h5-9H,17H2,1-4H3. The van der Waals surface area contributed by atoms with Crippen LogP contribution >= 0.6 is 11.3 Å². The van der Waals surface area contributed by atoms with E-state index in [4.69, 9.17) is 5.73 Å². The summed E-state index contributed by atoms with van der Waals surface area (Å²) in [5, 5.41) is 0.615. The molecule has 20 heavy (non-hydrogen) atoms. The molecule has 1 amide bonds. The third-order valence-corrected chi connectivity index (χ3v) is 4.95. The maximum Gasteiger partial charge on any atom is 0.266 e. The fourth-order valence-electron chi connectivity index (χ4n) is 2.04. The number of nitrogens with zero attached hydrogens (tertiary/aromatic N) is 1. The van der Waals surface area contributed by atoms with Crippen LogP contribution in [0.25, 0.3) is 10.1 Å². The lowest BCUT2D eigenvalue weighted by Gasteiger charge is -2.27. The third-order valence-electron chi connectivity index (χ3n) is 3.78. The molecule has 1 heterocycles. The summed E-state index contributed by atoms with van der Waals surface area (Å²) in [5.41, 5.74) is 6.39. The molecule has 5 heteroatoms. The average Bonchev–Trinajstić information content (AvgIpc) is 2.73. The van der Waals surface area contributed by atoms with E-state index in [1.807, 2.05) is 6.92 Å². The van der Waals surface area contributed by atoms with Crippen LogP contribution < -0.4 is 5.73 Å². The highest BCUT2D eigenvalue weighted by Gasteiger charge is 2.24. The van der Waals surface area contributed by atoms with Crippen LogP contribution in [0.4, 0.5) is 10.1 Å². The van der Waals surface area contributed by atoms with Crippen molar-refractivity contribution in [3.8, 4) is 0 Å². The van der Waals surface area contributed by atoms with Gasteiger partial charge in [-0.25, -0.2) is 4.39 Å². The Balaban J connectivity index is 2.43. The Labute approximate surface area is 122 Å². The quantitative estimate of drug-likeness (QED) is 0.937. The zero-order valence-electron chi connectivity index (χ0n) is 12.1. The lowest BCUT2D eigenvalue weighted by molar-refractivity contribution is 0.0713. The van der Waals surface area contributed by atoms with Crippen molar-refractivity contribution in [2.45, 2.75) is 26.8 Å². The van der Waals surface area contributed by atoms with Crippen molar-refractivity contribution < 1.29 is 9.18 Å². The van der Waals surface area contributed by atoms with Crippen LogP contribution in [0.15, 0.2) is 18.2 Å². The molecule has 1 aromatic carbocycles. The zero-order chi connectivity index (χ0) is 15.0. The molecular formula is C15H19FN2OS. The first-order valence-electron chi connectivity index (χ1n) is 6.57. The number of halogens is 1. The van der Waals surface area contributed by atoms with Gasteiger partial charge in [0, 0.05) is 23.2 Å². The van der Waals surface area contributed by atoms with Crippen LogP contribution in [0, 0.1) is 11.7 Å². The van der Waals surface area contributed by atoms with Gasteiger partial charge in [-0.2, -0.15) is 0 Å². The van der Waals surface area contributed by atoms with Gasteiger partial charge in [-0.1, -0.05) is 13.8 Å². The van der Waals surface area contributed by atoms with E-state index in [1.54, 1.807) is 18.0 Å². The SMILES string of the molecule is CC(C)C(C)N(C)C(=O)c1sc2ccc(F)cc2c1N. The summed E-state index contributed by atoms with van der Waals surface area (Å²) < 4.78 is 14.1. The van der Waals surface area contributed by atoms with Crippen molar-refractivity contribution in [3.05, 3.63) is 28.9 Å². The van der Waals surface area contributed by atoms with Crippen molar-refractivity contribution in [1.29, 1.82) is 0 Å². The van der Waals surface area contributed by atoms with Crippen LogP contribution in [-0.2, 0) is 0 Å². The maximum atomic E-state index is 13.3. The van der Waals surface area contributed by atoms with Crippen LogP contribution in [0.5, 0.6) is 0 Å². The predicted molar refractivity (Wildman–Crippen MR) is 82.6 cm³/mol. The molecule has 3 nitrogen and oxygen atoms in total. The zero-order valence-corrected chi connectivity index (χ0v) is 12.9.